The van der Waals surface area contributed by atoms with Crippen molar-refractivity contribution in [3.63, 3.8) is 0 Å². The van der Waals surface area contributed by atoms with E-state index in [2.05, 4.69) is 0 Å². The Morgan fingerprint density at radius 2 is 0.608 bits per heavy atom. The molecule has 0 amide bonds. The average molecular weight is 701 g/mol. The topological polar surface area (TPSA) is 298 Å². The Morgan fingerprint density at radius 3 is 0.863 bits per heavy atom. The second-order valence-corrected chi connectivity index (χ2v) is 11.2. The molecule has 16 heteroatoms. The fraction of sp³-hybridized carbons (Fsp3) is 0.0857. The molecule has 0 saturated heterocycles. The van der Waals surface area contributed by atoms with Gasteiger partial charge in [0.15, 0.2) is 0 Å². The maximum absolute atomic E-state index is 12.3. The summed E-state index contributed by atoms with van der Waals surface area (Å²) in [5, 5.41) is 78.6. The van der Waals surface area contributed by atoms with Crippen molar-refractivity contribution in [3.8, 4) is 0 Å². The smallest absolute Gasteiger partial charge is 0.336 e. The monoisotopic (exact) mass is 700 g/mol. The van der Waals surface area contributed by atoms with Crippen molar-refractivity contribution in [1.29, 1.82) is 0 Å². The summed E-state index contributed by atoms with van der Waals surface area (Å²) in [5.41, 5.74) is -8.06. The Kier molecular flexibility index (Phi) is 9.75. The molecule has 0 fully saturated rings. The SMILES string of the molecule is CC(c1ccc(C(=O)O)c(C(=O)O)c1)(c1ccc(C(=O)O)c(C(=O)O)c1)C(c1ccc(C(=O)O)c(C(=O)O)c1)c1ccc(C(=O)O)c(C(=O)O)c1. The lowest BCUT2D eigenvalue weighted by Gasteiger charge is -2.40. The summed E-state index contributed by atoms with van der Waals surface area (Å²) in [4.78, 5) is 96.9. The van der Waals surface area contributed by atoms with Crippen molar-refractivity contribution in [1.82, 2.24) is 0 Å². The van der Waals surface area contributed by atoms with Crippen molar-refractivity contribution in [2.24, 2.45) is 0 Å². The van der Waals surface area contributed by atoms with Crippen LogP contribution in [0.3, 0.4) is 0 Å². The minimum atomic E-state index is -1.94. The highest BCUT2D eigenvalue weighted by Crippen LogP contribution is 2.49. The summed E-state index contributed by atoms with van der Waals surface area (Å²) in [5.74, 6) is -14.9. The minimum Gasteiger partial charge on any atom is -0.478 e. The molecule has 0 unspecified atom stereocenters. The van der Waals surface area contributed by atoms with Gasteiger partial charge < -0.3 is 40.9 Å². The Labute approximate surface area is 284 Å². The van der Waals surface area contributed by atoms with Gasteiger partial charge in [0.1, 0.15) is 0 Å². The molecule has 0 spiro atoms. The molecule has 0 aliphatic heterocycles. The zero-order valence-corrected chi connectivity index (χ0v) is 25.8. The second-order valence-electron chi connectivity index (χ2n) is 11.2. The molecule has 0 bridgehead atoms. The maximum Gasteiger partial charge on any atom is 0.336 e. The second kappa shape index (κ2) is 13.6. The van der Waals surface area contributed by atoms with Crippen molar-refractivity contribution in [2.45, 2.75) is 18.3 Å². The third-order valence-electron chi connectivity index (χ3n) is 8.41. The lowest BCUT2D eigenvalue weighted by molar-refractivity contribution is 0.0650. The van der Waals surface area contributed by atoms with Crippen molar-refractivity contribution in [3.05, 3.63) is 140 Å². The number of carboxylic acid groups (broad SMARTS) is 8. The van der Waals surface area contributed by atoms with Gasteiger partial charge in [-0.15, -0.1) is 0 Å². The highest BCUT2D eigenvalue weighted by atomic mass is 16.4. The Bertz CT molecular complexity index is 2060. The van der Waals surface area contributed by atoms with E-state index in [0.717, 1.165) is 72.8 Å². The normalized spacial score (nSPS) is 11.1. The van der Waals surface area contributed by atoms with Crippen LogP contribution in [0.4, 0.5) is 0 Å². The van der Waals surface area contributed by atoms with E-state index in [9.17, 15) is 79.2 Å². The first-order valence-corrected chi connectivity index (χ1v) is 14.2. The van der Waals surface area contributed by atoms with Gasteiger partial charge in [0.25, 0.3) is 0 Å². The molecule has 4 aromatic rings. The van der Waals surface area contributed by atoms with Crippen LogP contribution in [-0.2, 0) is 5.41 Å². The third-order valence-corrected chi connectivity index (χ3v) is 8.41. The number of hydrogen-bond acceptors (Lipinski definition) is 8. The summed E-state index contributed by atoms with van der Waals surface area (Å²) >= 11 is 0. The van der Waals surface area contributed by atoms with Crippen LogP contribution in [0.2, 0.25) is 0 Å². The van der Waals surface area contributed by atoms with Gasteiger partial charge in [0.05, 0.1) is 44.5 Å². The first-order chi connectivity index (χ1) is 23.8. The molecular weight excluding hydrogens is 676 g/mol. The largest absolute Gasteiger partial charge is 0.478 e. The van der Waals surface area contributed by atoms with E-state index >= 15 is 0 Å². The first kappa shape index (κ1) is 36.5. The van der Waals surface area contributed by atoms with E-state index in [4.69, 9.17) is 0 Å². The number of benzene rings is 4. The van der Waals surface area contributed by atoms with Gasteiger partial charge in [-0.1, -0.05) is 31.2 Å². The van der Waals surface area contributed by atoms with Gasteiger partial charge in [-0.05, 0) is 70.8 Å². The number of carbonyl (C=O) groups is 8. The highest BCUT2D eigenvalue weighted by Gasteiger charge is 2.42. The maximum atomic E-state index is 12.3. The molecule has 0 saturated carbocycles. The van der Waals surface area contributed by atoms with Crippen molar-refractivity contribution in [2.75, 3.05) is 0 Å². The van der Waals surface area contributed by atoms with Crippen LogP contribution in [0.15, 0.2) is 72.8 Å². The molecule has 0 radical (unpaired) electrons. The molecule has 8 N–H and O–H groups in total. The van der Waals surface area contributed by atoms with Crippen molar-refractivity contribution >= 4 is 47.8 Å². The standard InChI is InChI=1S/C35H24O16/c1-35(16-4-8-20(29(40)41)24(12-16)33(48)49,17-5-9-21(30(42)43)25(13-17)34(50)51)26(14-2-6-18(27(36)37)22(10-14)31(44)45)15-3-7-19(28(38)39)23(11-15)32(46)47/h2-13,26H,1H3,(H,36,37)(H,38,39)(H,40,41)(H,42,43)(H,44,45)(H,46,47)(H,48,49)(H,50,51). The Balaban J connectivity index is 2.30. The summed E-state index contributed by atoms with van der Waals surface area (Å²) in [6.45, 7) is 1.36. The molecule has 51 heavy (non-hydrogen) atoms. The zero-order chi connectivity index (χ0) is 38.1. The molecule has 0 aliphatic carbocycles. The predicted octanol–water partition coefficient (Wildman–Crippen LogP) is 4.41. The number of rotatable bonds is 13. The zero-order valence-electron chi connectivity index (χ0n) is 25.8. The molecule has 4 aromatic carbocycles. The van der Waals surface area contributed by atoms with Crippen molar-refractivity contribution < 1.29 is 79.2 Å². The third kappa shape index (κ3) is 6.68. The van der Waals surface area contributed by atoms with Crippen LogP contribution in [0, 0.1) is 0 Å². The van der Waals surface area contributed by atoms with E-state index in [1.807, 2.05) is 0 Å². The summed E-state index contributed by atoms with van der Waals surface area (Å²) in [7, 11) is 0. The highest BCUT2D eigenvalue weighted by molar-refractivity contribution is 6.04. The number of aromatic carboxylic acids is 8. The minimum absolute atomic E-state index is 0.0994. The van der Waals surface area contributed by atoms with E-state index in [-0.39, 0.29) is 22.3 Å². The average Bonchev–Trinajstić information content (AvgIpc) is 3.07. The molecule has 0 aromatic heterocycles. The fourth-order valence-electron chi connectivity index (χ4n) is 6.03. The van der Waals surface area contributed by atoms with Gasteiger partial charge in [0.2, 0.25) is 0 Å². The van der Waals surface area contributed by atoms with Crippen LogP contribution in [0.1, 0.15) is 118 Å². The lowest BCUT2D eigenvalue weighted by atomic mass is 9.61. The molecule has 0 aliphatic rings. The van der Waals surface area contributed by atoms with Crippen LogP contribution in [-0.4, -0.2) is 88.6 Å². The van der Waals surface area contributed by atoms with Gasteiger partial charge >= 0.3 is 47.8 Å². The molecule has 4 rings (SSSR count). The van der Waals surface area contributed by atoms with Gasteiger partial charge in [-0.2, -0.15) is 0 Å². The van der Waals surface area contributed by atoms with Crippen LogP contribution < -0.4 is 0 Å². The van der Waals surface area contributed by atoms with Gasteiger partial charge in [-0.3, -0.25) is 0 Å². The van der Waals surface area contributed by atoms with Gasteiger partial charge in [0, 0.05) is 11.3 Å². The molecule has 0 heterocycles. The molecular formula is C35H24O16. The first-order valence-electron chi connectivity index (χ1n) is 14.2. The van der Waals surface area contributed by atoms with Crippen LogP contribution >= 0.6 is 0 Å². The van der Waals surface area contributed by atoms with E-state index in [1.54, 1.807) is 0 Å². The van der Waals surface area contributed by atoms with Crippen LogP contribution in [0.5, 0.6) is 0 Å². The quantitative estimate of drug-likeness (QED) is 0.0957. The summed E-state index contributed by atoms with van der Waals surface area (Å²) < 4.78 is 0. The number of carboxylic acids is 8. The predicted molar refractivity (Wildman–Crippen MR) is 170 cm³/mol. The molecule has 0 atom stereocenters. The molecule has 16 nitrogen and oxygen atoms in total. The van der Waals surface area contributed by atoms with Gasteiger partial charge in [-0.25, -0.2) is 38.4 Å². The fourth-order valence-corrected chi connectivity index (χ4v) is 6.03. The number of hydrogen-bond donors (Lipinski definition) is 8. The Morgan fingerprint density at radius 1 is 0.373 bits per heavy atom. The summed E-state index contributed by atoms with van der Waals surface area (Å²) in [6, 6.07) is 12.0. The summed E-state index contributed by atoms with van der Waals surface area (Å²) in [6.07, 6.45) is 0. The van der Waals surface area contributed by atoms with E-state index < -0.39 is 104 Å². The van der Waals surface area contributed by atoms with E-state index in [1.165, 1.54) is 6.92 Å². The van der Waals surface area contributed by atoms with E-state index in [0.29, 0.717) is 0 Å². The Hall–Kier alpha value is -7.36. The molecule has 260 valence electrons. The van der Waals surface area contributed by atoms with Crippen LogP contribution in [0.25, 0.3) is 0 Å². The lowest BCUT2D eigenvalue weighted by Crippen LogP contribution is -2.34.